The highest BCUT2D eigenvalue weighted by Crippen LogP contribution is 2.32. The van der Waals surface area contributed by atoms with Crippen LogP contribution in [0.4, 0.5) is 11.4 Å². The highest BCUT2D eigenvalue weighted by Gasteiger charge is 2.24. The molecule has 28 heavy (non-hydrogen) atoms. The third-order valence-corrected chi connectivity index (χ3v) is 4.07. The van der Waals surface area contributed by atoms with Gasteiger partial charge < -0.3 is 14.2 Å². The predicted octanol–water partition coefficient (Wildman–Crippen LogP) is 5.03. The number of hydrogen-bond donors (Lipinski definition) is 0. The molecule has 2 aromatic carbocycles. The Morgan fingerprint density at radius 1 is 0.964 bits per heavy atom. The first-order chi connectivity index (χ1) is 13.5. The second-order valence-electron chi connectivity index (χ2n) is 6.10. The summed E-state index contributed by atoms with van der Waals surface area (Å²) in [6.07, 6.45) is 1.21. The van der Waals surface area contributed by atoms with Gasteiger partial charge in [-0.1, -0.05) is 13.3 Å². The molecule has 0 aliphatic carbocycles. The number of esters is 1. The Hall–Kier alpha value is -3.22. The van der Waals surface area contributed by atoms with Gasteiger partial charge in [-0.25, -0.2) is 0 Å². The molecule has 0 bridgehead atoms. The first-order valence-corrected chi connectivity index (χ1v) is 8.94. The van der Waals surface area contributed by atoms with Crippen LogP contribution in [0.15, 0.2) is 52.7 Å². The summed E-state index contributed by atoms with van der Waals surface area (Å²) in [5.41, 5.74) is 1.14. The van der Waals surface area contributed by atoms with Crippen molar-refractivity contribution >= 4 is 23.1 Å². The number of carbonyl (C=O) groups is 2. The van der Waals surface area contributed by atoms with Crippen molar-refractivity contribution in [1.82, 2.24) is 0 Å². The van der Waals surface area contributed by atoms with Crippen LogP contribution in [0.3, 0.4) is 0 Å². The van der Waals surface area contributed by atoms with Crippen molar-refractivity contribution in [2.75, 3.05) is 14.2 Å². The van der Waals surface area contributed by atoms with Gasteiger partial charge in [0.05, 0.1) is 19.9 Å². The first-order valence-electron chi connectivity index (χ1n) is 8.94. The molecule has 0 radical (unpaired) electrons. The van der Waals surface area contributed by atoms with Crippen molar-refractivity contribution in [2.24, 2.45) is 16.1 Å². The molecule has 0 fully saturated rings. The van der Waals surface area contributed by atoms with E-state index in [0.29, 0.717) is 35.0 Å². The van der Waals surface area contributed by atoms with E-state index in [1.54, 1.807) is 56.7 Å². The summed E-state index contributed by atoms with van der Waals surface area (Å²) in [5, 5.41) is 8.34. The monoisotopic (exact) mass is 384 g/mol. The summed E-state index contributed by atoms with van der Waals surface area (Å²) in [6.45, 7) is 3.32. The number of ketones is 1. The molecular weight excluding hydrogens is 360 g/mol. The van der Waals surface area contributed by atoms with Gasteiger partial charge in [-0.3, -0.25) is 9.59 Å². The van der Waals surface area contributed by atoms with E-state index in [4.69, 9.17) is 14.2 Å². The largest absolute Gasteiger partial charge is 0.497 e. The molecule has 7 nitrogen and oxygen atoms in total. The molecule has 7 heteroatoms. The van der Waals surface area contributed by atoms with Crippen LogP contribution in [0, 0.1) is 5.92 Å². The second kappa shape index (κ2) is 10.2. The minimum absolute atomic E-state index is 0.189. The Labute approximate surface area is 164 Å². The van der Waals surface area contributed by atoms with Crippen LogP contribution in [0.2, 0.25) is 0 Å². The fourth-order valence-electron chi connectivity index (χ4n) is 2.52. The zero-order valence-corrected chi connectivity index (χ0v) is 16.5. The average molecular weight is 384 g/mol. The SMILES string of the molecule is CCCC(C(C)=O)C(=O)Oc1ccc(N=Nc2ccc(OC)cc2OC)cc1. The van der Waals surface area contributed by atoms with E-state index >= 15 is 0 Å². The van der Waals surface area contributed by atoms with Gasteiger partial charge in [-0.2, -0.15) is 5.11 Å². The number of Topliss-reactive ketones (excluding diaryl/α,β-unsaturated/α-hetero) is 1. The molecule has 0 aliphatic heterocycles. The number of benzene rings is 2. The van der Waals surface area contributed by atoms with Crippen molar-refractivity contribution < 1.29 is 23.8 Å². The molecular formula is C21H24N2O5. The molecule has 0 heterocycles. The van der Waals surface area contributed by atoms with Gasteiger partial charge in [0, 0.05) is 6.07 Å². The van der Waals surface area contributed by atoms with Gasteiger partial charge in [-0.15, -0.1) is 5.11 Å². The maximum absolute atomic E-state index is 12.2. The second-order valence-corrected chi connectivity index (χ2v) is 6.10. The molecule has 1 unspecified atom stereocenters. The van der Waals surface area contributed by atoms with Crippen LogP contribution in [0.1, 0.15) is 26.7 Å². The fraction of sp³-hybridized carbons (Fsp3) is 0.333. The number of methoxy groups -OCH3 is 2. The summed E-state index contributed by atoms with van der Waals surface area (Å²) in [5.74, 6) is 0.103. The van der Waals surface area contributed by atoms with E-state index in [2.05, 4.69) is 10.2 Å². The van der Waals surface area contributed by atoms with Crippen LogP contribution in [-0.2, 0) is 9.59 Å². The zero-order valence-electron chi connectivity index (χ0n) is 16.5. The van der Waals surface area contributed by atoms with E-state index in [1.165, 1.54) is 6.92 Å². The lowest BCUT2D eigenvalue weighted by Gasteiger charge is -2.12. The van der Waals surface area contributed by atoms with Crippen molar-refractivity contribution in [3.63, 3.8) is 0 Å². The van der Waals surface area contributed by atoms with Gasteiger partial charge in [-0.05, 0) is 49.7 Å². The summed E-state index contributed by atoms with van der Waals surface area (Å²) in [6, 6.07) is 11.8. The van der Waals surface area contributed by atoms with Gasteiger partial charge in [0.1, 0.15) is 34.6 Å². The van der Waals surface area contributed by atoms with Crippen LogP contribution in [0.5, 0.6) is 17.2 Å². The predicted molar refractivity (Wildman–Crippen MR) is 105 cm³/mol. The van der Waals surface area contributed by atoms with Crippen LogP contribution >= 0.6 is 0 Å². The van der Waals surface area contributed by atoms with Gasteiger partial charge in [0.25, 0.3) is 0 Å². The first kappa shape index (κ1) is 21.1. The zero-order chi connectivity index (χ0) is 20.5. The third-order valence-electron chi connectivity index (χ3n) is 4.07. The Morgan fingerprint density at radius 3 is 2.21 bits per heavy atom. The Bertz CT molecular complexity index is 846. The summed E-state index contributed by atoms with van der Waals surface area (Å²) in [7, 11) is 3.12. The van der Waals surface area contributed by atoms with Crippen molar-refractivity contribution in [3.8, 4) is 17.2 Å². The number of azo groups is 1. The minimum atomic E-state index is -0.730. The smallest absolute Gasteiger partial charge is 0.321 e. The molecule has 148 valence electrons. The summed E-state index contributed by atoms with van der Waals surface area (Å²) in [4.78, 5) is 23.7. The minimum Gasteiger partial charge on any atom is -0.497 e. The van der Waals surface area contributed by atoms with E-state index in [0.717, 1.165) is 6.42 Å². The Morgan fingerprint density at radius 2 is 1.64 bits per heavy atom. The highest BCUT2D eigenvalue weighted by atomic mass is 16.5. The fourth-order valence-corrected chi connectivity index (χ4v) is 2.52. The van der Waals surface area contributed by atoms with Crippen LogP contribution < -0.4 is 14.2 Å². The van der Waals surface area contributed by atoms with Crippen LogP contribution in [-0.4, -0.2) is 26.0 Å². The van der Waals surface area contributed by atoms with Gasteiger partial charge in [0.15, 0.2) is 0 Å². The Balaban J connectivity index is 2.07. The summed E-state index contributed by atoms with van der Waals surface area (Å²) < 4.78 is 15.7. The van der Waals surface area contributed by atoms with Gasteiger partial charge in [0.2, 0.25) is 0 Å². The lowest BCUT2D eigenvalue weighted by atomic mass is 10.00. The highest BCUT2D eigenvalue weighted by molar-refractivity contribution is 5.98. The molecule has 0 aliphatic rings. The topological polar surface area (TPSA) is 86.6 Å². The van der Waals surface area contributed by atoms with Crippen LogP contribution in [0.25, 0.3) is 0 Å². The van der Waals surface area contributed by atoms with E-state index in [-0.39, 0.29) is 5.78 Å². The number of carbonyl (C=O) groups excluding carboxylic acids is 2. The normalized spacial score (nSPS) is 11.9. The number of rotatable bonds is 9. The Kier molecular flexibility index (Phi) is 7.68. The molecule has 0 amide bonds. The van der Waals surface area contributed by atoms with E-state index in [1.807, 2.05) is 6.92 Å². The maximum atomic E-state index is 12.2. The quantitative estimate of drug-likeness (QED) is 0.262. The lowest BCUT2D eigenvalue weighted by molar-refractivity contribution is -0.143. The third kappa shape index (κ3) is 5.64. The molecule has 1 atom stereocenters. The number of nitrogens with zero attached hydrogens (tertiary/aromatic N) is 2. The molecule has 0 aromatic heterocycles. The van der Waals surface area contributed by atoms with Gasteiger partial charge >= 0.3 is 5.97 Å². The molecule has 2 aromatic rings. The van der Waals surface area contributed by atoms with Crippen molar-refractivity contribution in [1.29, 1.82) is 0 Å². The molecule has 0 saturated heterocycles. The maximum Gasteiger partial charge on any atom is 0.321 e. The number of hydrogen-bond acceptors (Lipinski definition) is 7. The van der Waals surface area contributed by atoms with Crippen molar-refractivity contribution in [3.05, 3.63) is 42.5 Å². The number of ether oxygens (including phenoxy) is 3. The standard InChI is InChI=1S/C21H24N2O5/c1-5-6-18(14(2)24)21(25)28-16-9-7-15(8-10-16)22-23-19-12-11-17(26-3)13-20(19)27-4/h7-13,18H,5-6H2,1-4H3. The molecule has 0 N–H and O–H groups in total. The van der Waals surface area contributed by atoms with E-state index in [9.17, 15) is 9.59 Å². The molecule has 2 rings (SSSR count). The molecule has 0 saturated carbocycles. The van der Waals surface area contributed by atoms with E-state index < -0.39 is 11.9 Å². The molecule has 0 spiro atoms. The van der Waals surface area contributed by atoms with Crippen molar-refractivity contribution in [2.45, 2.75) is 26.7 Å². The lowest BCUT2D eigenvalue weighted by Crippen LogP contribution is -2.26. The average Bonchev–Trinajstić information content (AvgIpc) is 2.70. The summed E-state index contributed by atoms with van der Waals surface area (Å²) >= 11 is 0.